The molecule has 0 radical (unpaired) electrons. The number of carboxylic acids is 1. The van der Waals surface area contributed by atoms with Gasteiger partial charge in [0.2, 0.25) is 0 Å². The maximum absolute atomic E-state index is 10.7. The van der Waals surface area contributed by atoms with E-state index in [1.165, 1.54) is 10.9 Å². The van der Waals surface area contributed by atoms with Crippen molar-refractivity contribution in [3.05, 3.63) is 17.4 Å². The fourth-order valence-corrected chi connectivity index (χ4v) is 1.17. The minimum atomic E-state index is -1.00. The summed E-state index contributed by atoms with van der Waals surface area (Å²) < 4.78 is 6.45. The summed E-state index contributed by atoms with van der Waals surface area (Å²) in [5.74, 6) is -1.00. The molecule has 0 amide bonds. The van der Waals surface area contributed by atoms with Gasteiger partial charge in [0.05, 0.1) is 17.8 Å². The molecule has 1 atom stereocenters. The first-order valence-corrected chi connectivity index (χ1v) is 4.53. The largest absolute Gasteiger partial charge is 0.479 e. The zero-order valence-corrected chi connectivity index (χ0v) is 8.44. The van der Waals surface area contributed by atoms with Gasteiger partial charge in [0.15, 0.2) is 6.10 Å². The standard InChI is InChI=1S/C8H11ClN2O3/c1-2-14-7(8(12)13)5-11-4-6(9)3-10-11/h3-4,7H,2,5H2,1H3,(H,12,13). The lowest BCUT2D eigenvalue weighted by molar-refractivity contribution is -0.151. The van der Waals surface area contributed by atoms with Crippen LogP contribution in [0, 0.1) is 0 Å². The third-order valence-electron chi connectivity index (χ3n) is 1.60. The van der Waals surface area contributed by atoms with Gasteiger partial charge in [-0.05, 0) is 6.92 Å². The normalized spacial score (nSPS) is 12.7. The first kappa shape index (κ1) is 11.0. The first-order chi connectivity index (χ1) is 6.63. The van der Waals surface area contributed by atoms with Crippen molar-refractivity contribution in [2.45, 2.75) is 19.6 Å². The molecule has 0 aliphatic carbocycles. The molecular formula is C8H11ClN2O3. The highest BCUT2D eigenvalue weighted by Crippen LogP contribution is 2.06. The minimum Gasteiger partial charge on any atom is -0.479 e. The van der Waals surface area contributed by atoms with Crippen molar-refractivity contribution in [1.82, 2.24) is 9.78 Å². The van der Waals surface area contributed by atoms with Gasteiger partial charge >= 0.3 is 5.97 Å². The van der Waals surface area contributed by atoms with E-state index in [1.54, 1.807) is 13.1 Å². The summed E-state index contributed by atoms with van der Waals surface area (Å²) >= 11 is 5.63. The third-order valence-corrected chi connectivity index (χ3v) is 1.79. The van der Waals surface area contributed by atoms with E-state index in [1.807, 2.05) is 0 Å². The molecule has 78 valence electrons. The maximum Gasteiger partial charge on any atom is 0.334 e. The molecule has 0 fully saturated rings. The van der Waals surface area contributed by atoms with Crippen molar-refractivity contribution in [1.29, 1.82) is 0 Å². The molecule has 1 aromatic rings. The Morgan fingerprint density at radius 1 is 1.86 bits per heavy atom. The monoisotopic (exact) mass is 218 g/mol. The van der Waals surface area contributed by atoms with Gasteiger partial charge in [-0.2, -0.15) is 5.10 Å². The number of halogens is 1. The average molecular weight is 219 g/mol. The molecule has 1 rings (SSSR count). The highest BCUT2D eigenvalue weighted by molar-refractivity contribution is 6.30. The summed E-state index contributed by atoms with van der Waals surface area (Å²) in [6, 6.07) is 0. The molecule has 6 heteroatoms. The van der Waals surface area contributed by atoms with Gasteiger partial charge in [0.25, 0.3) is 0 Å². The molecule has 1 heterocycles. The zero-order valence-electron chi connectivity index (χ0n) is 7.68. The maximum atomic E-state index is 10.7. The summed E-state index contributed by atoms with van der Waals surface area (Å²) in [5, 5.41) is 13.1. The van der Waals surface area contributed by atoms with E-state index in [-0.39, 0.29) is 6.54 Å². The van der Waals surface area contributed by atoms with Gasteiger partial charge in [-0.1, -0.05) is 11.6 Å². The predicted molar refractivity (Wildman–Crippen MR) is 50.3 cm³/mol. The molecule has 0 spiro atoms. The van der Waals surface area contributed by atoms with Crippen LogP contribution in [0.5, 0.6) is 0 Å². The fourth-order valence-electron chi connectivity index (χ4n) is 1.01. The lowest BCUT2D eigenvalue weighted by Crippen LogP contribution is -2.29. The molecule has 0 aromatic carbocycles. The quantitative estimate of drug-likeness (QED) is 0.802. The second-order valence-corrected chi connectivity index (χ2v) is 3.10. The van der Waals surface area contributed by atoms with E-state index in [2.05, 4.69) is 5.10 Å². The van der Waals surface area contributed by atoms with Gasteiger partial charge in [-0.25, -0.2) is 4.79 Å². The molecule has 1 aromatic heterocycles. The van der Waals surface area contributed by atoms with E-state index in [0.717, 1.165) is 0 Å². The van der Waals surface area contributed by atoms with Crippen LogP contribution in [0.4, 0.5) is 0 Å². The molecule has 0 saturated carbocycles. The molecule has 0 aliphatic heterocycles. The smallest absolute Gasteiger partial charge is 0.334 e. The van der Waals surface area contributed by atoms with Crippen LogP contribution in [0.3, 0.4) is 0 Å². The first-order valence-electron chi connectivity index (χ1n) is 4.16. The van der Waals surface area contributed by atoms with E-state index in [4.69, 9.17) is 21.4 Å². The SMILES string of the molecule is CCOC(Cn1cc(Cl)cn1)C(=O)O. The lowest BCUT2D eigenvalue weighted by atomic mass is 10.3. The second-order valence-electron chi connectivity index (χ2n) is 2.66. The minimum absolute atomic E-state index is 0.163. The Balaban J connectivity index is 2.59. The fraction of sp³-hybridized carbons (Fsp3) is 0.500. The Labute approximate surface area is 86.2 Å². The van der Waals surface area contributed by atoms with Crippen LogP contribution in [0.15, 0.2) is 12.4 Å². The topological polar surface area (TPSA) is 64.4 Å². The number of hydrogen-bond donors (Lipinski definition) is 1. The number of aromatic nitrogens is 2. The van der Waals surface area contributed by atoms with Gasteiger partial charge in [0.1, 0.15) is 0 Å². The van der Waals surface area contributed by atoms with Crippen LogP contribution in [0.1, 0.15) is 6.92 Å². The summed E-state index contributed by atoms with van der Waals surface area (Å²) in [5.41, 5.74) is 0. The molecule has 0 aliphatic rings. The number of rotatable bonds is 5. The number of nitrogens with zero attached hydrogens (tertiary/aromatic N) is 2. The van der Waals surface area contributed by atoms with E-state index < -0.39 is 12.1 Å². The molecule has 1 unspecified atom stereocenters. The molecule has 5 nitrogen and oxygen atoms in total. The predicted octanol–water partition coefficient (Wildman–Crippen LogP) is 1.03. The Bertz CT molecular complexity index is 313. The molecule has 0 bridgehead atoms. The Kier molecular flexibility index (Phi) is 3.91. The van der Waals surface area contributed by atoms with Crippen LogP contribution in [0.25, 0.3) is 0 Å². The Hall–Kier alpha value is -1.07. The van der Waals surface area contributed by atoms with Crippen molar-refractivity contribution in [3.8, 4) is 0 Å². The van der Waals surface area contributed by atoms with Crippen molar-refractivity contribution in [3.63, 3.8) is 0 Å². The van der Waals surface area contributed by atoms with E-state index in [0.29, 0.717) is 11.6 Å². The molecule has 0 saturated heterocycles. The second kappa shape index (κ2) is 4.97. The highest BCUT2D eigenvalue weighted by atomic mass is 35.5. The highest BCUT2D eigenvalue weighted by Gasteiger charge is 2.18. The van der Waals surface area contributed by atoms with Crippen molar-refractivity contribution in [2.75, 3.05) is 6.61 Å². The van der Waals surface area contributed by atoms with Gasteiger partial charge < -0.3 is 9.84 Å². The van der Waals surface area contributed by atoms with E-state index in [9.17, 15) is 4.79 Å². The van der Waals surface area contributed by atoms with E-state index >= 15 is 0 Å². The number of ether oxygens (including phenoxy) is 1. The number of carbonyl (C=O) groups is 1. The summed E-state index contributed by atoms with van der Waals surface area (Å²) in [6.45, 7) is 2.26. The van der Waals surface area contributed by atoms with Gasteiger partial charge in [-0.3, -0.25) is 4.68 Å². The van der Waals surface area contributed by atoms with Gasteiger partial charge in [0, 0.05) is 12.8 Å². The van der Waals surface area contributed by atoms with Crippen LogP contribution < -0.4 is 0 Å². The van der Waals surface area contributed by atoms with Crippen LogP contribution in [0.2, 0.25) is 5.02 Å². The number of hydrogen-bond acceptors (Lipinski definition) is 3. The number of aliphatic carboxylic acids is 1. The summed E-state index contributed by atoms with van der Waals surface area (Å²) in [7, 11) is 0. The molecular weight excluding hydrogens is 208 g/mol. The molecule has 1 N–H and O–H groups in total. The van der Waals surface area contributed by atoms with Crippen molar-refractivity contribution >= 4 is 17.6 Å². The molecule has 14 heavy (non-hydrogen) atoms. The average Bonchev–Trinajstić information content (AvgIpc) is 2.50. The Morgan fingerprint density at radius 3 is 3.00 bits per heavy atom. The zero-order chi connectivity index (χ0) is 10.6. The van der Waals surface area contributed by atoms with Crippen LogP contribution in [-0.4, -0.2) is 33.6 Å². The van der Waals surface area contributed by atoms with Crippen LogP contribution >= 0.6 is 11.6 Å². The van der Waals surface area contributed by atoms with Crippen molar-refractivity contribution in [2.24, 2.45) is 0 Å². The van der Waals surface area contributed by atoms with Crippen molar-refractivity contribution < 1.29 is 14.6 Å². The lowest BCUT2D eigenvalue weighted by Gasteiger charge is -2.11. The van der Waals surface area contributed by atoms with Crippen LogP contribution in [-0.2, 0) is 16.1 Å². The van der Waals surface area contributed by atoms with Gasteiger partial charge in [-0.15, -0.1) is 0 Å². The third kappa shape index (κ3) is 3.01. The number of carboxylic acid groups (broad SMARTS) is 1. The summed E-state index contributed by atoms with van der Waals surface area (Å²) in [4.78, 5) is 10.7. The Morgan fingerprint density at radius 2 is 2.57 bits per heavy atom. The summed E-state index contributed by atoms with van der Waals surface area (Å²) in [6.07, 6.45) is 2.12.